The first kappa shape index (κ1) is 10.9. The number of carbonyl (C=O) groups excluding carboxylic acids is 1. The minimum absolute atomic E-state index is 0.0642. The molecule has 0 aromatic carbocycles. The van der Waals surface area contributed by atoms with Crippen LogP contribution in [-0.2, 0) is 4.79 Å². The maximum Gasteiger partial charge on any atom is 0.236 e. The fourth-order valence-electron chi connectivity index (χ4n) is 3.18. The van der Waals surface area contributed by atoms with E-state index >= 15 is 0 Å². The molecule has 0 bridgehead atoms. The molecule has 1 heterocycles. The Balaban J connectivity index is 1.88. The van der Waals surface area contributed by atoms with Crippen molar-refractivity contribution in [2.75, 3.05) is 13.6 Å². The van der Waals surface area contributed by atoms with E-state index < -0.39 is 0 Å². The molecular formula is C12H22N2O. The van der Waals surface area contributed by atoms with Crippen molar-refractivity contribution in [2.24, 2.45) is 11.8 Å². The number of hydrogen-bond acceptors (Lipinski definition) is 2. The van der Waals surface area contributed by atoms with Gasteiger partial charge in [0.2, 0.25) is 5.91 Å². The Kier molecular flexibility index (Phi) is 3.62. The molecule has 3 nitrogen and oxygen atoms in total. The van der Waals surface area contributed by atoms with Crippen LogP contribution in [0.1, 0.15) is 38.5 Å². The zero-order valence-electron chi connectivity index (χ0n) is 9.59. The molecule has 2 rings (SSSR count). The van der Waals surface area contributed by atoms with E-state index in [1.807, 2.05) is 0 Å². The molecule has 86 valence electrons. The summed E-state index contributed by atoms with van der Waals surface area (Å²) >= 11 is 0. The van der Waals surface area contributed by atoms with E-state index in [4.69, 9.17) is 0 Å². The normalized spacial score (nSPS) is 32.9. The second-order valence-corrected chi connectivity index (χ2v) is 4.95. The van der Waals surface area contributed by atoms with Crippen molar-refractivity contribution >= 4 is 5.91 Å². The van der Waals surface area contributed by atoms with Crippen LogP contribution in [-0.4, -0.2) is 25.5 Å². The average molecular weight is 210 g/mol. The summed E-state index contributed by atoms with van der Waals surface area (Å²) in [7, 11) is 1.73. The van der Waals surface area contributed by atoms with Crippen LogP contribution in [0.25, 0.3) is 0 Å². The molecule has 15 heavy (non-hydrogen) atoms. The largest absolute Gasteiger partial charge is 0.358 e. The molecule has 1 aliphatic heterocycles. The van der Waals surface area contributed by atoms with Crippen molar-refractivity contribution in [3.05, 3.63) is 0 Å². The fourth-order valence-corrected chi connectivity index (χ4v) is 3.18. The standard InChI is InChI=1S/C12H22N2O/c1-13-12(15)11-8-10(6-7-14-11)9-4-2-3-5-9/h9-11,14H,2-8H2,1H3,(H,13,15). The second kappa shape index (κ2) is 4.97. The fraction of sp³-hybridized carbons (Fsp3) is 0.917. The lowest BCUT2D eigenvalue weighted by Gasteiger charge is -2.32. The van der Waals surface area contributed by atoms with E-state index in [2.05, 4.69) is 10.6 Å². The molecule has 2 aliphatic rings. The van der Waals surface area contributed by atoms with E-state index in [-0.39, 0.29) is 11.9 Å². The monoisotopic (exact) mass is 210 g/mol. The maximum atomic E-state index is 11.6. The number of nitrogens with one attached hydrogen (secondary N) is 2. The van der Waals surface area contributed by atoms with Crippen LogP contribution in [0.3, 0.4) is 0 Å². The zero-order chi connectivity index (χ0) is 10.7. The van der Waals surface area contributed by atoms with Crippen LogP contribution in [0.2, 0.25) is 0 Å². The lowest BCUT2D eigenvalue weighted by molar-refractivity contribution is -0.123. The first-order valence-corrected chi connectivity index (χ1v) is 6.26. The van der Waals surface area contributed by atoms with Crippen LogP contribution in [0.15, 0.2) is 0 Å². The third-order valence-corrected chi connectivity index (χ3v) is 4.07. The Morgan fingerprint density at radius 3 is 2.60 bits per heavy atom. The van der Waals surface area contributed by atoms with Gasteiger partial charge in [-0.2, -0.15) is 0 Å². The summed E-state index contributed by atoms with van der Waals surface area (Å²) in [5.41, 5.74) is 0. The molecule has 0 aromatic rings. The summed E-state index contributed by atoms with van der Waals surface area (Å²) in [6, 6.07) is 0.0642. The van der Waals surface area contributed by atoms with E-state index in [1.165, 1.54) is 32.1 Å². The Morgan fingerprint density at radius 2 is 1.93 bits per heavy atom. The highest BCUT2D eigenvalue weighted by Crippen LogP contribution is 2.36. The van der Waals surface area contributed by atoms with Crippen molar-refractivity contribution in [3.63, 3.8) is 0 Å². The summed E-state index contributed by atoms with van der Waals surface area (Å²) in [6.45, 7) is 1.01. The molecule has 2 unspecified atom stereocenters. The number of likely N-dealkylation sites (N-methyl/N-ethyl adjacent to an activating group) is 1. The van der Waals surface area contributed by atoms with Gasteiger partial charge in [0.05, 0.1) is 6.04 Å². The minimum atomic E-state index is 0.0642. The molecule has 1 saturated carbocycles. The van der Waals surface area contributed by atoms with Crippen molar-refractivity contribution in [1.29, 1.82) is 0 Å². The van der Waals surface area contributed by atoms with Gasteiger partial charge >= 0.3 is 0 Å². The molecule has 1 amide bonds. The summed E-state index contributed by atoms with van der Waals surface area (Å²) in [5, 5.41) is 6.06. The smallest absolute Gasteiger partial charge is 0.236 e. The molecule has 1 saturated heterocycles. The summed E-state index contributed by atoms with van der Waals surface area (Å²) in [5.74, 6) is 1.85. The van der Waals surface area contributed by atoms with Crippen LogP contribution >= 0.6 is 0 Å². The van der Waals surface area contributed by atoms with Gasteiger partial charge in [0.1, 0.15) is 0 Å². The van der Waals surface area contributed by atoms with Gasteiger partial charge in [0.15, 0.2) is 0 Å². The number of piperidine rings is 1. The third-order valence-electron chi connectivity index (χ3n) is 4.07. The highest BCUT2D eigenvalue weighted by Gasteiger charge is 2.32. The molecule has 3 heteroatoms. The average Bonchev–Trinajstić information content (AvgIpc) is 2.82. The van der Waals surface area contributed by atoms with Crippen LogP contribution in [0.4, 0.5) is 0 Å². The third kappa shape index (κ3) is 2.51. The minimum Gasteiger partial charge on any atom is -0.358 e. The van der Waals surface area contributed by atoms with Gasteiger partial charge in [-0.05, 0) is 31.2 Å². The summed E-state index contributed by atoms with van der Waals surface area (Å²) in [4.78, 5) is 11.6. The van der Waals surface area contributed by atoms with E-state index in [9.17, 15) is 4.79 Å². The lowest BCUT2D eigenvalue weighted by atomic mass is 9.81. The summed E-state index contributed by atoms with van der Waals surface area (Å²) < 4.78 is 0. The van der Waals surface area contributed by atoms with Crippen LogP contribution < -0.4 is 10.6 Å². The summed E-state index contributed by atoms with van der Waals surface area (Å²) in [6.07, 6.45) is 7.90. The molecule has 0 aromatic heterocycles. The van der Waals surface area contributed by atoms with Gasteiger partial charge in [-0.1, -0.05) is 25.7 Å². The van der Waals surface area contributed by atoms with E-state index in [1.54, 1.807) is 7.05 Å². The van der Waals surface area contributed by atoms with Crippen LogP contribution in [0, 0.1) is 11.8 Å². The van der Waals surface area contributed by atoms with Gasteiger partial charge in [-0.15, -0.1) is 0 Å². The van der Waals surface area contributed by atoms with Crippen molar-refractivity contribution in [2.45, 2.75) is 44.6 Å². The molecule has 0 spiro atoms. The molecular weight excluding hydrogens is 188 g/mol. The topological polar surface area (TPSA) is 41.1 Å². The first-order chi connectivity index (χ1) is 7.31. The lowest BCUT2D eigenvalue weighted by Crippen LogP contribution is -2.48. The van der Waals surface area contributed by atoms with Gasteiger partial charge in [-0.3, -0.25) is 4.79 Å². The highest BCUT2D eigenvalue weighted by molar-refractivity contribution is 5.81. The molecule has 0 radical (unpaired) electrons. The van der Waals surface area contributed by atoms with E-state index in [0.717, 1.165) is 24.8 Å². The predicted octanol–water partition coefficient (Wildman–Crippen LogP) is 1.29. The quantitative estimate of drug-likeness (QED) is 0.721. The Hall–Kier alpha value is -0.570. The second-order valence-electron chi connectivity index (χ2n) is 4.95. The molecule has 2 fully saturated rings. The maximum absolute atomic E-state index is 11.6. The van der Waals surface area contributed by atoms with Crippen molar-refractivity contribution < 1.29 is 4.79 Å². The first-order valence-electron chi connectivity index (χ1n) is 6.26. The van der Waals surface area contributed by atoms with Gasteiger partial charge in [-0.25, -0.2) is 0 Å². The van der Waals surface area contributed by atoms with E-state index in [0.29, 0.717) is 0 Å². The van der Waals surface area contributed by atoms with Crippen molar-refractivity contribution in [1.82, 2.24) is 10.6 Å². The molecule has 1 aliphatic carbocycles. The Labute approximate surface area is 92.0 Å². The van der Waals surface area contributed by atoms with Crippen LogP contribution in [0.5, 0.6) is 0 Å². The number of amides is 1. The van der Waals surface area contributed by atoms with Gasteiger partial charge in [0, 0.05) is 7.05 Å². The number of hydrogen-bond donors (Lipinski definition) is 2. The zero-order valence-corrected chi connectivity index (χ0v) is 9.59. The Bertz CT molecular complexity index is 224. The van der Waals surface area contributed by atoms with Gasteiger partial charge in [0.25, 0.3) is 0 Å². The highest BCUT2D eigenvalue weighted by atomic mass is 16.2. The molecule has 2 N–H and O–H groups in total. The Morgan fingerprint density at radius 1 is 1.20 bits per heavy atom. The molecule has 2 atom stereocenters. The number of carbonyl (C=O) groups is 1. The van der Waals surface area contributed by atoms with Gasteiger partial charge < -0.3 is 10.6 Å². The predicted molar refractivity (Wildman–Crippen MR) is 60.5 cm³/mol. The van der Waals surface area contributed by atoms with Crippen molar-refractivity contribution in [3.8, 4) is 0 Å². The number of rotatable bonds is 2. The SMILES string of the molecule is CNC(=O)C1CC(C2CCCC2)CCN1.